The number of aromatic hydroxyl groups is 1. The maximum Gasteiger partial charge on any atom is 0.369 e. The maximum atomic E-state index is 11.8. The Hall–Kier alpha value is -1.25. The lowest BCUT2D eigenvalue weighted by Gasteiger charge is -2.29. The second kappa shape index (κ2) is 8.42. The minimum Gasteiger partial charge on any atom is -0.507 e. The van der Waals surface area contributed by atoms with Crippen molar-refractivity contribution in [2.24, 2.45) is 0 Å². The van der Waals surface area contributed by atoms with Crippen molar-refractivity contribution in [3.05, 3.63) is 29.8 Å². The van der Waals surface area contributed by atoms with Crippen molar-refractivity contribution >= 4 is 21.1 Å². The Kier molecular flexibility index (Phi) is 7.34. The van der Waals surface area contributed by atoms with Gasteiger partial charge in [-0.2, -0.15) is 0 Å². The standard InChI is InChI=1S/C13H21NO9P2/c15-11-7-3-2-6-10(11)12(16)14-9-5-1-4-8-13(17,24(18,19)20)25(21,22)23/h2-3,6-7,15,17H,1,4-5,8-9H2,(H,14,16)(H2,18,19,20)(H2,21,22,23). The molecule has 1 rings (SSSR count). The van der Waals surface area contributed by atoms with Gasteiger partial charge in [0.1, 0.15) is 5.75 Å². The molecule has 0 spiro atoms. The fourth-order valence-corrected chi connectivity index (χ4v) is 4.34. The Morgan fingerprint density at radius 3 is 2.08 bits per heavy atom. The number of rotatable bonds is 9. The van der Waals surface area contributed by atoms with Crippen LogP contribution in [0.15, 0.2) is 24.3 Å². The van der Waals surface area contributed by atoms with Crippen molar-refractivity contribution in [3.63, 3.8) is 0 Å². The van der Waals surface area contributed by atoms with Gasteiger partial charge in [-0.25, -0.2) is 0 Å². The second-order valence-electron chi connectivity index (χ2n) is 5.45. The number of unbranched alkanes of at least 4 members (excludes halogenated alkanes) is 2. The zero-order valence-electron chi connectivity index (χ0n) is 13.1. The number of para-hydroxylation sites is 1. The zero-order chi connectivity index (χ0) is 19.3. The smallest absolute Gasteiger partial charge is 0.369 e. The Morgan fingerprint density at radius 1 is 1.00 bits per heavy atom. The van der Waals surface area contributed by atoms with E-state index < -0.39 is 32.6 Å². The summed E-state index contributed by atoms with van der Waals surface area (Å²) >= 11 is 0. The molecule has 0 bridgehead atoms. The Morgan fingerprint density at radius 2 is 1.56 bits per heavy atom. The van der Waals surface area contributed by atoms with E-state index in [1.807, 2.05) is 0 Å². The molecule has 0 fully saturated rings. The number of hydrogen-bond donors (Lipinski definition) is 7. The van der Waals surface area contributed by atoms with Gasteiger partial charge in [-0.05, 0) is 31.4 Å². The van der Waals surface area contributed by atoms with Crippen molar-refractivity contribution in [1.82, 2.24) is 5.32 Å². The number of carbonyl (C=O) groups excluding carboxylic acids is 1. The number of amides is 1. The van der Waals surface area contributed by atoms with Crippen molar-refractivity contribution in [2.75, 3.05) is 6.54 Å². The molecule has 0 radical (unpaired) electrons. The highest BCUT2D eigenvalue weighted by molar-refractivity contribution is 7.72. The third-order valence-electron chi connectivity index (χ3n) is 3.56. The number of hydrogen-bond acceptors (Lipinski definition) is 5. The van der Waals surface area contributed by atoms with Crippen LogP contribution >= 0.6 is 15.2 Å². The summed E-state index contributed by atoms with van der Waals surface area (Å²) in [6.07, 6.45) is -0.255. The minimum absolute atomic E-state index is 0.0703. The van der Waals surface area contributed by atoms with Gasteiger partial charge in [-0.1, -0.05) is 18.6 Å². The van der Waals surface area contributed by atoms with Gasteiger partial charge in [0.2, 0.25) is 0 Å². The van der Waals surface area contributed by atoms with Crippen molar-refractivity contribution in [3.8, 4) is 5.75 Å². The van der Waals surface area contributed by atoms with Gasteiger partial charge in [-0.3, -0.25) is 13.9 Å². The Bertz CT molecular complexity index is 674. The average molecular weight is 397 g/mol. The van der Waals surface area contributed by atoms with Crippen LogP contribution in [-0.4, -0.2) is 47.3 Å². The first-order valence-electron chi connectivity index (χ1n) is 7.30. The Balaban J connectivity index is 2.44. The monoisotopic (exact) mass is 397 g/mol. The predicted octanol–water partition coefficient (Wildman–Crippen LogP) is 0.684. The van der Waals surface area contributed by atoms with Gasteiger partial charge in [0.15, 0.2) is 0 Å². The summed E-state index contributed by atoms with van der Waals surface area (Å²) < 4.78 is 22.3. The third kappa shape index (κ3) is 5.62. The van der Waals surface area contributed by atoms with Gasteiger partial charge in [0.25, 0.3) is 11.0 Å². The van der Waals surface area contributed by atoms with E-state index in [2.05, 4.69) is 5.32 Å². The van der Waals surface area contributed by atoms with E-state index in [0.29, 0.717) is 6.42 Å². The molecule has 0 saturated heterocycles. The SMILES string of the molecule is O=C(NCCCCCC(O)(P(=O)(O)O)P(=O)(O)O)c1ccccc1O. The third-order valence-corrected chi connectivity index (χ3v) is 7.43. The minimum atomic E-state index is -5.43. The summed E-state index contributed by atoms with van der Waals surface area (Å²) in [6, 6.07) is 5.94. The number of phenols is 1. The average Bonchev–Trinajstić information content (AvgIpc) is 2.48. The van der Waals surface area contributed by atoms with Crippen LogP contribution in [0.3, 0.4) is 0 Å². The van der Waals surface area contributed by atoms with E-state index in [9.17, 15) is 24.1 Å². The highest BCUT2D eigenvalue weighted by Gasteiger charge is 2.58. The summed E-state index contributed by atoms with van der Waals surface area (Å²) in [5, 5.41) is 18.3. The summed E-state index contributed by atoms with van der Waals surface area (Å²) in [7, 11) is -10.9. The quantitative estimate of drug-likeness (QED) is 0.232. The van der Waals surface area contributed by atoms with Crippen LogP contribution in [0.4, 0.5) is 0 Å². The molecule has 0 heterocycles. The van der Waals surface area contributed by atoms with Crippen molar-refractivity contribution in [1.29, 1.82) is 0 Å². The molecule has 0 atom stereocenters. The predicted molar refractivity (Wildman–Crippen MR) is 87.9 cm³/mol. The van der Waals surface area contributed by atoms with E-state index in [0.717, 1.165) is 0 Å². The highest BCUT2D eigenvalue weighted by atomic mass is 31.2. The highest BCUT2D eigenvalue weighted by Crippen LogP contribution is 2.69. The molecule has 0 aliphatic carbocycles. The second-order valence-corrected chi connectivity index (χ2v) is 9.45. The molecule has 0 unspecified atom stereocenters. The molecule has 7 N–H and O–H groups in total. The number of nitrogens with one attached hydrogen (secondary N) is 1. The van der Waals surface area contributed by atoms with Crippen LogP contribution in [-0.2, 0) is 9.13 Å². The summed E-state index contributed by atoms with van der Waals surface area (Å²) in [4.78, 5) is 47.8. The van der Waals surface area contributed by atoms with E-state index in [1.165, 1.54) is 12.1 Å². The summed E-state index contributed by atoms with van der Waals surface area (Å²) in [6.45, 7) is 0.178. The fraction of sp³-hybridized carbons (Fsp3) is 0.462. The topological polar surface area (TPSA) is 185 Å². The van der Waals surface area contributed by atoms with Crippen LogP contribution in [0.2, 0.25) is 0 Å². The van der Waals surface area contributed by atoms with E-state index in [1.54, 1.807) is 12.1 Å². The lowest BCUT2D eigenvalue weighted by molar-refractivity contribution is 0.0950. The molecule has 25 heavy (non-hydrogen) atoms. The lowest BCUT2D eigenvalue weighted by Crippen LogP contribution is -2.28. The maximum absolute atomic E-state index is 11.8. The molecule has 1 aromatic carbocycles. The normalized spacial score (nSPS) is 12.8. The molecular formula is C13H21NO9P2. The van der Waals surface area contributed by atoms with Gasteiger partial charge in [0, 0.05) is 6.54 Å². The first-order valence-corrected chi connectivity index (χ1v) is 10.5. The van der Waals surface area contributed by atoms with Crippen molar-refractivity contribution in [2.45, 2.75) is 30.8 Å². The van der Waals surface area contributed by atoms with Crippen LogP contribution < -0.4 is 5.32 Å². The van der Waals surface area contributed by atoms with Crippen LogP contribution in [0.5, 0.6) is 5.75 Å². The molecule has 0 saturated carbocycles. The molecule has 1 amide bonds. The molecule has 0 aliphatic heterocycles. The largest absolute Gasteiger partial charge is 0.507 e. The van der Waals surface area contributed by atoms with E-state index in [-0.39, 0.29) is 30.7 Å². The molecule has 142 valence electrons. The van der Waals surface area contributed by atoms with Gasteiger partial charge < -0.3 is 35.1 Å². The number of benzene rings is 1. The first-order chi connectivity index (χ1) is 11.4. The fourth-order valence-electron chi connectivity index (χ4n) is 2.09. The van der Waals surface area contributed by atoms with Crippen LogP contribution in [0.1, 0.15) is 36.0 Å². The molecule has 12 heteroatoms. The van der Waals surface area contributed by atoms with E-state index in [4.69, 9.17) is 19.6 Å². The summed E-state index contributed by atoms with van der Waals surface area (Å²) in [5.41, 5.74) is 0.0971. The van der Waals surface area contributed by atoms with Crippen LogP contribution in [0.25, 0.3) is 0 Å². The first kappa shape index (κ1) is 21.8. The molecular weight excluding hydrogens is 376 g/mol. The summed E-state index contributed by atoms with van der Waals surface area (Å²) in [5.74, 6) is -0.673. The van der Waals surface area contributed by atoms with Crippen molar-refractivity contribution < 1.29 is 43.7 Å². The molecule has 0 aliphatic rings. The van der Waals surface area contributed by atoms with Gasteiger partial charge in [0.05, 0.1) is 5.56 Å². The molecule has 10 nitrogen and oxygen atoms in total. The Labute approximate surface area is 143 Å². The number of phenolic OH excluding ortho intramolecular Hbond substituents is 1. The van der Waals surface area contributed by atoms with Gasteiger partial charge >= 0.3 is 15.2 Å². The van der Waals surface area contributed by atoms with Crippen LogP contribution in [0, 0.1) is 0 Å². The van der Waals surface area contributed by atoms with E-state index >= 15 is 0 Å². The zero-order valence-corrected chi connectivity index (χ0v) is 14.9. The molecule has 0 aromatic heterocycles. The lowest BCUT2D eigenvalue weighted by atomic mass is 10.1. The number of aliphatic hydroxyl groups is 1. The molecule has 1 aromatic rings. The number of carbonyl (C=O) groups is 1. The van der Waals surface area contributed by atoms with Gasteiger partial charge in [-0.15, -0.1) is 0 Å².